The number of benzene rings is 2. The van der Waals surface area contributed by atoms with Gasteiger partial charge in [-0.2, -0.15) is 5.26 Å². The van der Waals surface area contributed by atoms with Crippen molar-refractivity contribution in [3.05, 3.63) is 82.2 Å². The molecule has 0 atom stereocenters. The number of nitrogens with one attached hydrogen (secondary N) is 1. The molecule has 0 spiro atoms. The maximum Gasteiger partial charge on any atom is 0.251 e. The van der Waals surface area contributed by atoms with Crippen LogP contribution in [0.25, 0.3) is 0 Å². The second-order valence-electron chi connectivity index (χ2n) is 6.11. The molecule has 6 heteroatoms. The Balaban J connectivity index is 1.54. The average molecular weight is 361 g/mol. The maximum absolute atomic E-state index is 12.3. The number of hydrogen-bond acceptors (Lipinski definition) is 5. The summed E-state index contributed by atoms with van der Waals surface area (Å²) < 4.78 is 10.9. The highest BCUT2D eigenvalue weighted by Gasteiger charge is 2.10. The minimum Gasteiger partial charge on any atom is -0.489 e. The molecule has 2 aromatic carbocycles. The first kappa shape index (κ1) is 18.2. The van der Waals surface area contributed by atoms with E-state index in [1.807, 2.05) is 26.0 Å². The van der Waals surface area contributed by atoms with Crippen LogP contribution in [0.4, 0.5) is 0 Å². The van der Waals surface area contributed by atoms with Crippen LogP contribution in [0.3, 0.4) is 0 Å². The van der Waals surface area contributed by atoms with Gasteiger partial charge in [-0.3, -0.25) is 4.79 Å². The molecule has 6 nitrogen and oxygen atoms in total. The van der Waals surface area contributed by atoms with E-state index in [0.717, 1.165) is 22.6 Å². The van der Waals surface area contributed by atoms with Crippen LogP contribution in [0, 0.1) is 25.2 Å². The van der Waals surface area contributed by atoms with E-state index in [0.29, 0.717) is 30.0 Å². The zero-order valence-corrected chi connectivity index (χ0v) is 15.2. The van der Waals surface area contributed by atoms with Gasteiger partial charge < -0.3 is 14.6 Å². The predicted molar refractivity (Wildman–Crippen MR) is 99.1 cm³/mol. The molecule has 0 unspecified atom stereocenters. The molecule has 0 bridgehead atoms. The van der Waals surface area contributed by atoms with Crippen LogP contribution < -0.4 is 10.1 Å². The molecular weight excluding hydrogens is 342 g/mol. The van der Waals surface area contributed by atoms with E-state index in [1.165, 1.54) is 0 Å². The van der Waals surface area contributed by atoms with Gasteiger partial charge in [0.2, 0.25) is 0 Å². The Morgan fingerprint density at radius 1 is 1.15 bits per heavy atom. The van der Waals surface area contributed by atoms with Gasteiger partial charge >= 0.3 is 0 Å². The van der Waals surface area contributed by atoms with E-state index in [4.69, 9.17) is 14.5 Å². The fraction of sp³-hybridized carbons (Fsp3) is 0.190. The fourth-order valence-electron chi connectivity index (χ4n) is 2.55. The summed E-state index contributed by atoms with van der Waals surface area (Å²) in [5.74, 6) is 1.24. The van der Waals surface area contributed by atoms with Gasteiger partial charge in [-0.1, -0.05) is 17.3 Å². The highest BCUT2D eigenvalue weighted by atomic mass is 16.5. The van der Waals surface area contributed by atoms with Crippen LogP contribution in [-0.4, -0.2) is 11.1 Å². The molecule has 1 amide bonds. The summed E-state index contributed by atoms with van der Waals surface area (Å²) in [7, 11) is 0. The molecule has 27 heavy (non-hydrogen) atoms. The van der Waals surface area contributed by atoms with Crippen molar-refractivity contribution in [1.82, 2.24) is 10.5 Å². The summed E-state index contributed by atoms with van der Waals surface area (Å²) >= 11 is 0. The zero-order valence-electron chi connectivity index (χ0n) is 15.2. The molecule has 3 rings (SSSR count). The fourth-order valence-corrected chi connectivity index (χ4v) is 2.55. The van der Waals surface area contributed by atoms with Gasteiger partial charge in [0.25, 0.3) is 5.91 Å². The first-order valence-electron chi connectivity index (χ1n) is 8.48. The summed E-state index contributed by atoms with van der Waals surface area (Å²) in [5.41, 5.74) is 3.82. The Labute approximate surface area is 157 Å². The number of hydrogen-bond donors (Lipinski definition) is 1. The average Bonchev–Trinajstić information content (AvgIpc) is 3.03. The normalized spacial score (nSPS) is 10.3. The Morgan fingerprint density at radius 2 is 1.85 bits per heavy atom. The number of aryl methyl sites for hydroxylation is 2. The minimum atomic E-state index is -0.170. The summed E-state index contributed by atoms with van der Waals surface area (Å²) in [4.78, 5) is 12.3. The van der Waals surface area contributed by atoms with Gasteiger partial charge in [0.05, 0.1) is 22.9 Å². The molecule has 0 fully saturated rings. The molecule has 3 aromatic rings. The SMILES string of the molecule is Cc1noc(C)c1COc1ccc(C(=O)NCc2ccc(C#N)cc2)cc1. The Hall–Kier alpha value is -3.59. The molecule has 0 saturated heterocycles. The number of carbonyl (C=O) groups excluding carboxylic acids is 1. The van der Waals surface area contributed by atoms with Gasteiger partial charge in [-0.05, 0) is 55.8 Å². The molecular formula is C21H19N3O3. The second-order valence-corrected chi connectivity index (χ2v) is 6.11. The van der Waals surface area contributed by atoms with Crippen LogP contribution >= 0.6 is 0 Å². The lowest BCUT2D eigenvalue weighted by Gasteiger charge is -2.08. The smallest absolute Gasteiger partial charge is 0.251 e. The van der Waals surface area contributed by atoms with Crippen molar-refractivity contribution in [2.45, 2.75) is 27.0 Å². The summed E-state index contributed by atoms with van der Waals surface area (Å²) in [6, 6.07) is 16.1. The number of ether oxygens (including phenoxy) is 1. The zero-order chi connectivity index (χ0) is 19.2. The highest BCUT2D eigenvalue weighted by molar-refractivity contribution is 5.94. The van der Waals surface area contributed by atoms with E-state index in [2.05, 4.69) is 16.5 Å². The summed E-state index contributed by atoms with van der Waals surface area (Å²) in [6.07, 6.45) is 0. The van der Waals surface area contributed by atoms with Crippen LogP contribution in [0.5, 0.6) is 5.75 Å². The third-order valence-electron chi connectivity index (χ3n) is 4.22. The van der Waals surface area contributed by atoms with E-state index >= 15 is 0 Å². The molecule has 0 aliphatic carbocycles. The first-order chi connectivity index (χ1) is 13.1. The molecule has 0 radical (unpaired) electrons. The highest BCUT2D eigenvalue weighted by Crippen LogP contribution is 2.18. The monoisotopic (exact) mass is 361 g/mol. The predicted octanol–water partition coefficient (Wildman–Crippen LogP) is 3.67. The van der Waals surface area contributed by atoms with Crippen LogP contribution in [-0.2, 0) is 13.2 Å². The standard InChI is InChI=1S/C21H19N3O3/c1-14-20(15(2)27-24-14)13-26-19-9-7-18(8-10-19)21(25)23-12-17-5-3-16(11-22)4-6-17/h3-10H,12-13H2,1-2H3,(H,23,25). The third-order valence-corrected chi connectivity index (χ3v) is 4.22. The van der Waals surface area contributed by atoms with Crippen molar-refractivity contribution in [1.29, 1.82) is 5.26 Å². The van der Waals surface area contributed by atoms with Crippen LogP contribution in [0.1, 0.15) is 38.5 Å². The molecule has 1 aromatic heterocycles. The van der Waals surface area contributed by atoms with E-state index < -0.39 is 0 Å². The largest absolute Gasteiger partial charge is 0.489 e. The number of aromatic nitrogens is 1. The summed E-state index contributed by atoms with van der Waals surface area (Å²) in [6.45, 7) is 4.48. The van der Waals surface area contributed by atoms with Crippen molar-refractivity contribution < 1.29 is 14.1 Å². The first-order valence-corrected chi connectivity index (χ1v) is 8.48. The van der Waals surface area contributed by atoms with Gasteiger partial charge in [-0.15, -0.1) is 0 Å². The Kier molecular flexibility index (Phi) is 5.53. The van der Waals surface area contributed by atoms with Gasteiger partial charge in [0, 0.05) is 12.1 Å². The lowest BCUT2D eigenvalue weighted by Crippen LogP contribution is -2.22. The van der Waals surface area contributed by atoms with Crippen molar-refractivity contribution in [3.8, 4) is 11.8 Å². The Bertz CT molecular complexity index is 948. The quantitative estimate of drug-likeness (QED) is 0.724. The number of nitriles is 1. The number of nitrogens with zero attached hydrogens (tertiary/aromatic N) is 2. The lowest BCUT2D eigenvalue weighted by molar-refractivity contribution is 0.0951. The van der Waals surface area contributed by atoms with E-state index in [-0.39, 0.29) is 5.91 Å². The van der Waals surface area contributed by atoms with Crippen LogP contribution in [0.15, 0.2) is 53.1 Å². The van der Waals surface area contributed by atoms with Crippen LogP contribution in [0.2, 0.25) is 0 Å². The van der Waals surface area contributed by atoms with Crippen molar-refractivity contribution >= 4 is 5.91 Å². The molecule has 0 aliphatic heterocycles. The van der Waals surface area contributed by atoms with Crippen molar-refractivity contribution in [2.24, 2.45) is 0 Å². The molecule has 0 saturated carbocycles. The van der Waals surface area contributed by atoms with Gasteiger partial charge in [0.15, 0.2) is 0 Å². The van der Waals surface area contributed by atoms with Crippen molar-refractivity contribution in [3.63, 3.8) is 0 Å². The number of carbonyl (C=O) groups is 1. The molecule has 1 heterocycles. The number of rotatable bonds is 6. The van der Waals surface area contributed by atoms with Gasteiger partial charge in [-0.25, -0.2) is 0 Å². The molecule has 0 aliphatic rings. The Morgan fingerprint density at radius 3 is 2.44 bits per heavy atom. The molecule has 1 N–H and O–H groups in total. The van der Waals surface area contributed by atoms with E-state index in [9.17, 15) is 4.79 Å². The third kappa shape index (κ3) is 4.53. The maximum atomic E-state index is 12.3. The minimum absolute atomic E-state index is 0.170. The summed E-state index contributed by atoms with van der Waals surface area (Å²) in [5, 5.41) is 15.6. The van der Waals surface area contributed by atoms with Crippen molar-refractivity contribution in [2.75, 3.05) is 0 Å². The lowest BCUT2D eigenvalue weighted by atomic mass is 10.1. The number of amides is 1. The topological polar surface area (TPSA) is 88.2 Å². The van der Waals surface area contributed by atoms with E-state index in [1.54, 1.807) is 36.4 Å². The van der Waals surface area contributed by atoms with Gasteiger partial charge in [0.1, 0.15) is 18.1 Å². The molecule has 136 valence electrons. The second kappa shape index (κ2) is 8.19.